The highest BCUT2D eigenvalue weighted by atomic mass is 35.5. The molecule has 0 aliphatic carbocycles. The lowest BCUT2D eigenvalue weighted by molar-refractivity contribution is 0.123. The molecule has 2 unspecified atom stereocenters. The van der Waals surface area contributed by atoms with E-state index in [0.717, 1.165) is 45.6 Å². The van der Waals surface area contributed by atoms with Crippen LogP contribution in [-0.2, 0) is 13.0 Å². The molecule has 1 fully saturated rings. The fourth-order valence-corrected chi connectivity index (χ4v) is 5.25. The van der Waals surface area contributed by atoms with Crippen LogP contribution in [0, 0.1) is 11.3 Å². The van der Waals surface area contributed by atoms with Gasteiger partial charge in [0.05, 0.1) is 22.7 Å². The number of rotatable bonds is 4. The minimum absolute atomic E-state index is 0.416. The van der Waals surface area contributed by atoms with Crippen LogP contribution in [0.5, 0.6) is 0 Å². The van der Waals surface area contributed by atoms with Crippen LogP contribution in [0.25, 0.3) is 10.2 Å². The molecular weight excluding hydrogens is 388 g/mol. The first-order valence-electron chi connectivity index (χ1n) is 9.55. The Morgan fingerprint density at radius 3 is 2.64 bits per heavy atom. The smallest absolute Gasteiger partial charge is 0.186 e. The Morgan fingerprint density at radius 2 is 1.89 bits per heavy atom. The molecule has 0 radical (unpaired) electrons. The van der Waals surface area contributed by atoms with Gasteiger partial charge in [-0.25, -0.2) is 4.98 Å². The van der Waals surface area contributed by atoms with Crippen LogP contribution in [0.15, 0.2) is 42.5 Å². The summed E-state index contributed by atoms with van der Waals surface area (Å²) in [5, 5.41) is 10.8. The minimum atomic E-state index is 0.416. The van der Waals surface area contributed by atoms with Crippen LogP contribution in [0.2, 0.25) is 5.02 Å². The van der Waals surface area contributed by atoms with Gasteiger partial charge in [0, 0.05) is 36.7 Å². The number of fused-ring (bicyclic) bond motifs is 1. The average molecular weight is 411 g/mol. The van der Waals surface area contributed by atoms with E-state index in [9.17, 15) is 0 Å². The van der Waals surface area contributed by atoms with Gasteiger partial charge in [0.2, 0.25) is 0 Å². The number of hydrogen-bond acceptors (Lipinski definition) is 5. The Bertz CT molecular complexity index is 1010. The van der Waals surface area contributed by atoms with E-state index in [4.69, 9.17) is 21.8 Å². The second-order valence-corrected chi connectivity index (χ2v) is 8.98. The number of hydrogen-bond donors (Lipinski definition) is 0. The van der Waals surface area contributed by atoms with Crippen molar-refractivity contribution in [1.29, 1.82) is 5.26 Å². The number of nitrogens with zero attached hydrogens (tertiary/aromatic N) is 4. The van der Waals surface area contributed by atoms with E-state index in [2.05, 4.69) is 47.9 Å². The lowest BCUT2D eigenvalue weighted by Gasteiger charge is -2.44. The van der Waals surface area contributed by atoms with E-state index in [1.165, 1.54) is 5.56 Å². The standard InChI is InChI=1S/C22H23ClN4S/c1-15-12-26(22-25-20-7-6-19(23)11-21(20)28-22)13-16(2)27(15)14-18-5-3-4-17(10-18)8-9-24/h3-7,10-11,15-16H,8,12-14H2,1-2H3. The molecule has 3 aromatic rings. The summed E-state index contributed by atoms with van der Waals surface area (Å²) in [4.78, 5) is 9.77. The van der Waals surface area contributed by atoms with Gasteiger partial charge in [0.15, 0.2) is 5.13 Å². The third-order valence-electron chi connectivity index (χ3n) is 5.35. The SMILES string of the molecule is CC1CN(c2nc3ccc(Cl)cc3s2)CC(C)N1Cc1cccc(CC#N)c1. The van der Waals surface area contributed by atoms with Gasteiger partial charge in [-0.15, -0.1) is 0 Å². The highest BCUT2D eigenvalue weighted by molar-refractivity contribution is 7.22. The second-order valence-electron chi connectivity index (χ2n) is 7.54. The first kappa shape index (κ1) is 19.2. The van der Waals surface area contributed by atoms with Gasteiger partial charge in [0.25, 0.3) is 0 Å². The minimum Gasteiger partial charge on any atom is -0.345 e. The van der Waals surface area contributed by atoms with Gasteiger partial charge < -0.3 is 4.90 Å². The van der Waals surface area contributed by atoms with Crippen molar-refractivity contribution >= 4 is 38.3 Å². The lowest BCUT2D eigenvalue weighted by atomic mass is 10.0. The average Bonchev–Trinajstić information content (AvgIpc) is 3.08. The quantitative estimate of drug-likeness (QED) is 0.599. The maximum atomic E-state index is 8.94. The molecule has 0 saturated carbocycles. The fraction of sp³-hybridized carbons (Fsp3) is 0.364. The summed E-state index contributed by atoms with van der Waals surface area (Å²) in [7, 11) is 0. The molecule has 1 aliphatic rings. The van der Waals surface area contributed by atoms with E-state index in [1.807, 2.05) is 24.3 Å². The number of nitriles is 1. The lowest BCUT2D eigenvalue weighted by Crippen LogP contribution is -2.56. The highest BCUT2D eigenvalue weighted by Crippen LogP contribution is 2.33. The molecule has 0 bridgehead atoms. The van der Waals surface area contributed by atoms with Crippen molar-refractivity contribution < 1.29 is 0 Å². The molecule has 2 aromatic carbocycles. The molecule has 2 heterocycles. The fourth-order valence-electron chi connectivity index (χ4n) is 3.99. The largest absolute Gasteiger partial charge is 0.345 e. The molecule has 1 aromatic heterocycles. The van der Waals surface area contributed by atoms with Gasteiger partial charge in [-0.05, 0) is 43.2 Å². The third-order valence-corrected chi connectivity index (χ3v) is 6.67. The van der Waals surface area contributed by atoms with Gasteiger partial charge in [-0.3, -0.25) is 4.90 Å². The predicted molar refractivity (Wildman–Crippen MR) is 117 cm³/mol. The van der Waals surface area contributed by atoms with Gasteiger partial charge in [-0.1, -0.05) is 47.2 Å². The van der Waals surface area contributed by atoms with Crippen LogP contribution in [-0.4, -0.2) is 35.1 Å². The van der Waals surface area contributed by atoms with Crippen molar-refractivity contribution in [2.75, 3.05) is 18.0 Å². The Labute approximate surface area is 175 Å². The van der Waals surface area contributed by atoms with E-state index in [1.54, 1.807) is 11.3 Å². The molecule has 1 saturated heterocycles. The number of thiazole rings is 1. The Morgan fingerprint density at radius 1 is 1.14 bits per heavy atom. The van der Waals surface area contributed by atoms with E-state index in [-0.39, 0.29) is 0 Å². The van der Waals surface area contributed by atoms with Gasteiger partial charge in [0.1, 0.15) is 0 Å². The monoisotopic (exact) mass is 410 g/mol. The van der Waals surface area contributed by atoms with Crippen molar-refractivity contribution in [3.8, 4) is 6.07 Å². The van der Waals surface area contributed by atoms with Gasteiger partial charge in [-0.2, -0.15) is 5.26 Å². The summed E-state index contributed by atoms with van der Waals surface area (Å²) in [6, 6.07) is 17.4. The summed E-state index contributed by atoms with van der Waals surface area (Å²) in [5.74, 6) is 0. The molecule has 2 atom stereocenters. The maximum Gasteiger partial charge on any atom is 0.186 e. The summed E-state index contributed by atoms with van der Waals surface area (Å²) in [6.07, 6.45) is 0.467. The molecule has 28 heavy (non-hydrogen) atoms. The Hall–Kier alpha value is -2.13. The third kappa shape index (κ3) is 4.00. The van der Waals surface area contributed by atoms with E-state index >= 15 is 0 Å². The molecule has 4 rings (SSSR count). The zero-order valence-corrected chi connectivity index (χ0v) is 17.7. The van der Waals surface area contributed by atoms with Gasteiger partial charge >= 0.3 is 0 Å². The molecule has 6 heteroatoms. The van der Waals surface area contributed by atoms with E-state index < -0.39 is 0 Å². The van der Waals surface area contributed by atoms with Crippen molar-refractivity contribution in [3.63, 3.8) is 0 Å². The van der Waals surface area contributed by atoms with Crippen molar-refractivity contribution in [2.45, 2.75) is 38.9 Å². The zero-order valence-electron chi connectivity index (χ0n) is 16.1. The molecular formula is C22H23ClN4S. The number of anilines is 1. The van der Waals surface area contributed by atoms with Crippen LogP contribution in [0.4, 0.5) is 5.13 Å². The molecule has 1 aliphatic heterocycles. The number of halogens is 1. The van der Waals surface area contributed by atoms with E-state index in [0.29, 0.717) is 18.5 Å². The van der Waals surface area contributed by atoms with Crippen LogP contribution in [0.1, 0.15) is 25.0 Å². The topological polar surface area (TPSA) is 43.2 Å². The highest BCUT2D eigenvalue weighted by Gasteiger charge is 2.30. The summed E-state index contributed by atoms with van der Waals surface area (Å²) in [5.41, 5.74) is 3.38. The first-order valence-corrected chi connectivity index (χ1v) is 10.7. The van der Waals surface area contributed by atoms with Crippen molar-refractivity contribution in [2.24, 2.45) is 0 Å². The number of piperazine rings is 1. The number of aromatic nitrogens is 1. The molecule has 0 N–H and O–H groups in total. The van der Waals surface area contributed by atoms with Crippen molar-refractivity contribution in [3.05, 3.63) is 58.6 Å². The molecule has 0 amide bonds. The zero-order chi connectivity index (χ0) is 19.7. The normalized spacial score (nSPS) is 20.4. The Kier molecular flexibility index (Phi) is 5.54. The van der Waals surface area contributed by atoms with Crippen LogP contribution in [0.3, 0.4) is 0 Å². The second kappa shape index (κ2) is 8.08. The first-order chi connectivity index (χ1) is 13.5. The summed E-state index contributed by atoms with van der Waals surface area (Å²) >= 11 is 7.84. The van der Waals surface area contributed by atoms with Crippen molar-refractivity contribution in [1.82, 2.24) is 9.88 Å². The summed E-state index contributed by atoms with van der Waals surface area (Å²) < 4.78 is 1.14. The predicted octanol–water partition coefficient (Wildman–Crippen LogP) is 5.11. The Balaban J connectivity index is 1.49. The molecule has 144 valence electrons. The maximum absolute atomic E-state index is 8.94. The number of benzene rings is 2. The summed E-state index contributed by atoms with van der Waals surface area (Å²) in [6.45, 7) is 7.38. The van der Waals surface area contributed by atoms with Crippen LogP contribution >= 0.6 is 22.9 Å². The van der Waals surface area contributed by atoms with Crippen LogP contribution < -0.4 is 4.90 Å². The molecule has 0 spiro atoms. The molecule has 4 nitrogen and oxygen atoms in total.